The molecule has 4 rings (SSSR count). The van der Waals surface area contributed by atoms with Crippen molar-refractivity contribution in [3.8, 4) is 0 Å². The molecule has 2 saturated heterocycles. The topological polar surface area (TPSA) is 76.7 Å². The van der Waals surface area contributed by atoms with Crippen molar-refractivity contribution in [2.75, 3.05) is 0 Å². The molecular weight excluding hydrogens is 452 g/mol. The molecular formula is C30H52N2O4. The van der Waals surface area contributed by atoms with Crippen LogP contribution in [0.4, 0.5) is 0 Å². The minimum Gasteiger partial charge on any atom is -0.462 e. The van der Waals surface area contributed by atoms with E-state index in [1.165, 1.54) is 0 Å². The number of hydrogen-bond acceptors (Lipinski definition) is 6. The van der Waals surface area contributed by atoms with E-state index in [2.05, 4.69) is 66.0 Å². The molecule has 0 aromatic carbocycles. The SMILES string of the molecule is CC1(C)CC(C(=O)OC2CCC(C3CCC(OC(=O)C4CC(C)(C)NC4(C)C)CC3)CC2)C(C)(C)N1. The molecule has 2 unspecified atom stereocenters. The van der Waals surface area contributed by atoms with Gasteiger partial charge in [0, 0.05) is 22.2 Å². The van der Waals surface area contributed by atoms with Gasteiger partial charge in [-0.1, -0.05) is 0 Å². The van der Waals surface area contributed by atoms with Crippen LogP contribution in [0.2, 0.25) is 0 Å². The lowest BCUT2D eigenvalue weighted by molar-refractivity contribution is -0.160. The highest BCUT2D eigenvalue weighted by atomic mass is 16.5. The Balaban J connectivity index is 1.19. The average Bonchev–Trinajstić information content (AvgIpc) is 3.13. The van der Waals surface area contributed by atoms with Crippen molar-refractivity contribution < 1.29 is 19.1 Å². The maximum atomic E-state index is 13.0. The first-order valence-electron chi connectivity index (χ1n) is 14.6. The molecule has 0 radical (unpaired) electrons. The van der Waals surface area contributed by atoms with Crippen molar-refractivity contribution >= 4 is 11.9 Å². The van der Waals surface area contributed by atoms with Crippen LogP contribution in [0.15, 0.2) is 0 Å². The third-order valence-corrected chi connectivity index (χ3v) is 9.73. The van der Waals surface area contributed by atoms with Gasteiger partial charge >= 0.3 is 11.9 Å². The zero-order valence-electron chi connectivity index (χ0n) is 24.2. The fraction of sp³-hybridized carbons (Fsp3) is 0.933. The molecule has 6 heteroatoms. The molecule has 2 N–H and O–H groups in total. The molecule has 2 heterocycles. The van der Waals surface area contributed by atoms with Crippen LogP contribution >= 0.6 is 0 Å². The molecule has 2 aliphatic heterocycles. The predicted molar refractivity (Wildman–Crippen MR) is 142 cm³/mol. The van der Waals surface area contributed by atoms with E-state index in [9.17, 15) is 9.59 Å². The molecule has 2 atom stereocenters. The number of carbonyl (C=O) groups is 2. The van der Waals surface area contributed by atoms with Crippen molar-refractivity contribution in [2.24, 2.45) is 23.7 Å². The Labute approximate surface area is 219 Å². The highest BCUT2D eigenvalue weighted by Gasteiger charge is 2.50. The van der Waals surface area contributed by atoms with Crippen LogP contribution in [0.3, 0.4) is 0 Å². The van der Waals surface area contributed by atoms with E-state index < -0.39 is 0 Å². The summed E-state index contributed by atoms with van der Waals surface area (Å²) in [6, 6.07) is 0. The number of hydrogen-bond donors (Lipinski definition) is 2. The van der Waals surface area contributed by atoms with E-state index >= 15 is 0 Å². The van der Waals surface area contributed by atoms with Gasteiger partial charge < -0.3 is 20.1 Å². The number of ether oxygens (including phenoxy) is 2. The first-order chi connectivity index (χ1) is 16.6. The van der Waals surface area contributed by atoms with Crippen molar-refractivity contribution in [1.29, 1.82) is 0 Å². The summed E-state index contributed by atoms with van der Waals surface area (Å²) in [5.74, 6) is 1.21. The Hall–Kier alpha value is -1.14. The lowest BCUT2D eigenvalue weighted by Crippen LogP contribution is -2.47. The summed E-state index contributed by atoms with van der Waals surface area (Å²) in [7, 11) is 0. The quantitative estimate of drug-likeness (QED) is 0.480. The molecule has 206 valence electrons. The monoisotopic (exact) mass is 504 g/mol. The van der Waals surface area contributed by atoms with Gasteiger partial charge in [0.25, 0.3) is 0 Å². The second-order valence-corrected chi connectivity index (χ2v) is 14.9. The summed E-state index contributed by atoms with van der Waals surface area (Å²) in [4.78, 5) is 26.0. The Morgan fingerprint density at radius 3 is 1.11 bits per heavy atom. The van der Waals surface area contributed by atoms with Crippen LogP contribution in [0, 0.1) is 23.7 Å². The summed E-state index contributed by atoms with van der Waals surface area (Å²) in [5.41, 5.74) is -0.502. The molecule has 6 nitrogen and oxygen atoms in total. The summed E-state index contributed by atoms with van der Waals surface area (Å²) in [6.07, 6.45) is 10.3. The van der Waals surface area contributed by atoms with Crippen molar-refractivity contribution in [1.82, 2.24) is 10.6 Å². The third kappa shape index (κ3) is 6.28. The van der Waals surface area contributed by atoms with E-state index in [0.29, 0.717) is 11.8 Å². The summed E-state index contributed by atoms with van der Waals surface area (Å²) in [5, 5.41) is 7.18. The lowest BCUT2D eigenvalue weighted by Gasteiger charge is -2.38. The van der Waals surface area contributed by atoms with Crippen molar-refractivity contribution in [2.45, 2.75) is 154 Å². The molecule has 0 aromatic heterocycles. The average molecular weight is 505 g/mol. The second-order valence-electron chi connectivity index (χ2n) is 14.9. The normalized spacial score (nSPS) is 38.9. The molecule has 4 fully saturated rings. The number of nitrogens with one attached hydrogen (secondary N) is 2. The van der Waals surface area contributed by atoms with Crippen molar-refractivity contribution in [3.05, 3.63) is 0 Å². The molecule has 0 spiro atoms. The second kappa shape index (κ2) is 9.87. The Morgan fingerprint density at radius 1 is 0.556 bits per heavy atom. The minimum atomic E-state index is -0.222. The van der Waals surface area contributed by atoms with Gasteiger partial charge in [0.15, 0.2) is 0 Å². The molecule has 36 heavy (non-hydrogen) atoms. The molecule has 4 aliphatic rings. The van der Waals surface area contributed by atoms with E-state index in [1.54, 1.807) is 0 Å². The Kier molecular flexibility index (Phi) is 7.65. The Morgan fingerprint density at radius 2 is 0.861 bits per heavy atom. The first kappa shape index (κ1) is 27.9. The summed E-state index contributed by atoms with van der Waals surface area (Å²) < 4.78 is 12.1. The first-order valence-corrected chi connectivity index (χ1v) is 14.6. The van der Waals surface area contributed by atoms with E-state index in [0.717, 1.165) is 64.2 Å². The standard InChI is InChI=1S/C30H52N2O4/c1-27(2)17-23(29(5,6)31-27)25(33)35-21-13-9-19(10-14-21)20-11-15-22(16-12-20)36-26(34)24-18-28(3,4)32-30(24,7)8/h19-24,31-32H,9-18H2,1-8H3. The number of rotatable bonds is 5. The van der Waals surface area contributed by atoms with E-state index in [1.807, 2.05) is 0 Å². The maximum absolute atomic E-state index is 13.0. The van der Waals surface area contributed by atoms with Gasteiger partial charge in [-0.25, -0.2) is 0 Å². The van der Waals surface area contributed by atoms with E-state index in [-0.39, 0.29) is 58.1 Å². The highest BCUT2D eigenvalue weighted by Crippen LogP contribution is 2.42. The predicted octanol–water partition coefficient (Wildman–Crippen LogP) is 5.52. The van der Waals surface area contributed by atoms with Gasteiger partial charge in [-0.2, -0.15) is 0 Å². The summed E-state index contributed by atoms with van der Waals surface area (Å²) >= 11 is 0. The zero-order chi connectivity index (χ0) is 26.5. The fourth-order valence-corrected chi connectivity index (χ4v) is 8.16. The largest absolute Gasteiger partial charge is 0.462 e. The zero-order valence-corrected chi connectivity index (χ0v) is 24.2. The summed E-state index contributed by atoms with van der Waals surface area (Å²) in [6.45, 7) is 17.1. The van der Waals surface area contributed by atoms with Gasteiger partial charge in [0.1, 0.15) is 12.2 Å². The van der Waals surface area contributed by atoms with Gasteiger partial charge in [-0.3, -0.25) is 9.59 Å². The van der Waals surface area contributed by atoms with Gasteiger partial charge in [0.05, 0.1) is 11.8 Å². The molecule has 0 amide bonds. The van der Waals surface area contributed by atoms with Gasteiger partial charge in [-0.05, 0) is 131 Å². The van der Waals surface area contributed by atoms with Crippen LogP contribution in [-0.4, -0.2) is 46.3 Å². The van der Waals surface area contributed by atoms with E-state index in [4.69, 9.17) is 9.47 Å². The van der Waals surface area contributed by atoms with Crippen LogP contribution in [0.5, 0.6) is 0 Å². The van der Waals surface area contributed by atoms with Crippen LogP contribution in [-0.2, 0) is 19.1 Å². The smallest absolute Gasteiger partial charge is 0.311 e. The lowest BCUT2D eigenvalue weighted by atomic mass is 9.72. The van der Waals surface area contributed by atoms with Crippen LogP contribution in [0.1, 0.15) is 120 Å². The molecule has 0 aromatic rings. The fourth-order valence-electron chi connectivity index (χ4n) is 8.16. The maximum Gasteiger partial charge on any atom is 0.311 e. The number of esters is 2. The molecule has 0 bridgehead atoms. The van der Waals surface area contributed by atoms with Gasteiger partial charge in [-0.15, -0.1) is 0 Å². The Bertz CT molecular complexity index is 749. The highest BCUT2D eigenvalue weighted by molar-refractivity contribution is 5.75. The van der Waals surface area contributed by atoms with Crippen LogP contribution < -0.4 is 10.6 Å². The molecule has 2 saturated carbocycles. The number of carbonyl (C=O) groups excluding carboxylic acids is 2. The molecule has 2 aliphatic carbocycles. The van der Waals surface area contributed by atoms with Crippen molar-refractivity contribution in [3.63, 3.8) is 0 Å². The third-order valence-electron chi connectivity index (χ3n) is 9.73. The van der Waals surface area contributed by atoms with Gasteiger partial charge in [0.2, 0.25) is 0 Å². The minimum absolute atomic E-state index is 0.0205. The van der Waals surface area contributed by atoms with Crippen LogP contribution in [0.25, 0.3) is 0 Å².